The van der Waals surface area contributed by atoms with E-state index in [1.165, 1.54) is 6.20 Å². The number of nitrogens with zero attached hydrogens (tertiary/aromatic N) is 4. The molecule has 4 heterocycles. The summed E-state index contributed by atoms with van der Waals surface area (Å²) < 4.78 is 41.9. The number of nitrogen functional groups attached to an aromatic ring is 1. The van der Waals surface area contributed by atoms with Crippen LogP contribution in [-0.4, -0.2) is 38.8 Å². The van der Waals surface area contributed by atoms with Crippen molar-refractivity contribution in [3.63, 3.8) is 0 Å². The number of anilines is 1. The molecule has 2 aliphatic heterocycles. The highest BCUT2D eigenvalue weighted by atomic mass is 35.5. The van der Waals surface area contributed by atoms with Crippen LogP contribution in [0.2, 0.25) is 5.02 Å². The molecule has 7 nitrogen and oxygen atoms in total. The lowest BCUT2D eigenvalue weighted by Gasteiger charge is -2.44. The van der Waals surface area contributed by atoms with Crippen molar-refractivity contribution in [3.05, 3.63) is 64.4 Å². The Kier molecular flexibility index (Phi) is 5.45. The number of fused-ring (bicyclic) bond motifs is 2. The average Bonchev–Trinajstić information content (AvgIpc) is 3.53. The minimum Gasteiger partial charge on any atom is -0.383 e. The highest BCUT2D eigenvalue weighted by Gasteiger charge is 2.49. The number of amides is 2. The van der Waals surface area contributed by atoms with Crippen LogP contribution in [0.15, 0.2) is 42.6 Å². The molecular formula is C26H26ClF3N6O. The summed E-state index contributed by atoms with van der Waals surface area (Å²) in [6.07, 6.45) is 1.00. The lowest BCUT2D eigenvalue weighted by molar-refractivity contribution is -0.137. The molecule has 2 aromatic heterocycles. The Balaban J connectivity index is 1.22. The molecule has 1 atom stereocenters. The minimum absolute atomic E-state index is 0.118. The first-order valence-electron chi connectivity index (χ1n) is 12.3. The van der Waals surface area contributed by atoms with Crippen molar-refractivity contribution in [3.8, 4) is 11.3 Å². The zero-order valence-electron chi connectivity index (χ0n) is 20.0. The van der Waals surface area contributed by atoms with E-state index in [9.17, 15) is 18.0 Å². The van der Waals surface area contributed by atoms with Gasteiger partial charge in [-0.25, -0.2) is 9.78 Å². The van der Waals surface area contributed by atoms with E-state index in [1.807, 2.05) is 39.9 Å². The van der Waals surface area contributed by atoms with E-state index in [-0.39, 0.29) is 17.0 Å². The van der Waals surface area contributed by atoms with Crippen molar-refractivity contribution in [1.82, 2.24) is 25.0 Å². The largest absolute Gasteiger partial charge is 0.419 e. The summed E-state index contributed by atoms with van der Waals surface area (Å²) in [6.45, 7) is 1.76. The number of benzene rings is 1. The number of halogens is 4. The molecule has 11 heteroatoms. The van der Waals surface area contributed by atoms with Crippen molar-refractivity contribution in [2.24, 2.45) is 0 Å². The lowest BCUT2D eigenvalue weighted by Crippen LogP contribution is -2.55. The maximum atomic E-state index is 13.4. The second-order valence-corrected chi connectivity index (χ2v) is 10.7. The normalized spacial score (nSPS) is 22.2. The number of carbonyl (C=O) groups excluding carboxylic acids is 1. The minimum atomic E-state index is -4.60. The molecule has 0 radical (unpaired) electrons. The molecule has 1 aliphatic carbocycles. The van der Waals surface area contributed by atoms with Crippen LogP contribution in [-0.2, 0) is 23.7 Å². The van der Waals surface area contributed by atoms with Gasteiger partial charge in [0.25, 0.3) is 0 Å². The number of pyridine rings is 1. The van der Waals surface area contributed by atoms with E-state index in [0.717, 1.165) is 49.4 Å². The van der Waals surface area contributed by atoms with Crippen molar-refractivity contribution in [1.29, 1.82) is 0 Å². The molecule has 1 saturated carbocycles. The number of carbonyl (C=O) groups is 1. The Morgan fingerprint density at radius 3 is 2.57 bits per heavy atom. The van der Waals surface area contributed by atoms with E-state index < -0.39 is 23.1 Å². The van der Waals surface area contributed by atoms with Gasteiger partial charge in [0.1, 0.15) is 5.82 Å². The molecule has 1 saturated heterocycles. The highest BCUT2D eigenvalue weighted by Crippen LogP contribution is 2.46. The number of hydrogen-bond acceptors (Lipinski definition) is 4. The number of rotatable bonds is 3. The summed E-state index contributed by atoms with van der Waals surface area (Å²) in [5, 5.41) is 8.49. The van der Waals surface area contributed by atoms with Gasteiger partial charge in [-0.2, -0.15) is 18.3 Å². The quantitative estimate of drug-likeness (QED) is 0.478. The SMILES string of the molecule is Nc1ncc(-c2cc3n(n2)CCC32CCN(C(=O)NC3(c4ccccc4Cl)CCC3)C2)cc1C(F)(F)F. The predicted octanol–water partition coefficient (Wildman–Crippen LogP) is 5.34. The van der Waals surface area contributed by atoms with Crippen LogP contribution in [0.1, 0.15) is 48.9 Å². The topological polar surface area (TPSA) is 89.1 Å². The van der Waals surface area contributed by atoms with Crippen LogP contribution < -0.4 is 11.1 Å². The zero-order valence-corrected chi connectivity index (χ0v) is 20.7. The summed E-state index contributed by atoms with van der Waals surface area (Å²) in [6, 6.07) is 10.3. The van der Waals surface area contributed by atoms with Crippen molar-refractivity contribution in [2.75, 3.05) is 18.8 Å². The van der Waals surface area contributed by atoms with E-state index in [1.54, 1.807) is 0 Å². The fraction of sp³-hybridized carbons (Fsp3) is 0.423. The van der Waals surface area contributed by atoms with E-state index in [2.05, 4.69) is 15.4 Å². The van der Waals surface area contributed by atoms with Gasteiger partial charge < -0.3 is 16.0 Å². The summed E-state index contributed by atoms with van der Waals surface area (Å²) in [4.78, 5) is 19.0. The van der Waals surface area contributed by atoms with Crippen LogP contribution in [0.5, 0.6) is 0 Å². The van der Waals surface area contributed by atoms with Crippen LogP contribution in [0, 0.1) is 0 Å². The second kappa shape index (κ2) is 8.37. The molecule has 3 aliphatic rings. The van der Waals surface area contributed by atoms with Crippen LogP contribution >= 0.6 is 11.6 Å². The van der Waals surface area contributed by atoms with Gasteiger partial charge in [-0.15, -0.1) is 0 Å². The maximum absolute atomic E-state index is 13.4. The molecule has 0 bridgehead atoms. The van der Waals surface area contributed by atoms with Gasteiger partial charge >= 0.3 is 12.2 Å². The number of nitrogens with one attached hydrogen (secondary N) is 1. The van der Waals surface area contributed by atoms with Gasteiger partial charge in [-0.05, 0) is 55.9 Å². The fourth-order valence-electron chi connectivity index (χ4n) is 6.03. The second-order valence-electron chi connectivity index (χ2n) is 10.3. The van der Waals surface area contributed by atoms with Crippen molar-refractivity contribution >= 4 is 23.4 Å². The van der Waals surface area contributed by atoms with Crippen LogP contribution in [0.25, 0.3) is 11.3 Å². The van der Waals surface area contributed by atoms with Gasteiger partial charge in [-0.1, -0.05) is 29.8 Å². The number of aryl methyl sites for hydroxylation is 1. The molecular weight excluding hydrogens is 505 g/mol. The van der Waals surface area contributed by atoms with Crippen LogP contribution in [0.4, 0.5) is 23.8 Å². The van der Waals surface area contributed by atoms with Gasteiger partial charge in [0.15, 0.2) is 0 Å². The number of likely N-dealkylation sites (tertiary alicyclic amines) is 1. The molecule has 1 spiro atoms. The lowest BCUT2D eigenvalue weighted by atomic mass is 9.72. The van der Waals surface area contributed by atoms with E-state index >= 15 is 0 Å². The predicted molar refractivity (Wildman–Crippen MR) is 133 cm³/mol. The zero-order chi connectivity index (χ0) is 26.0. The Bertz CT molecular complexity index is 1380. The van der Waals surface area contributed by atoms with E-state index in [0.29, 0.717) is 30.4 Å². The number of alkyl halides is 3. The van der Waals surface area contributed by atoms with Gasteiger partial charge in [0.05, 0.1) is 16.8 Å². The first-order chi connectivity index (χ1) is 17.6. The van der Waals surface area contributed by atoms with E-state index in [4.69, 9.17) is 17.3 Å². The first-order valence-corrected chi connectivity index (χ1v) is 12.7. The summed E-state index contributed by atoms with van der Waals surface area (Å²) in [5.74, 6) is -0.557. The molecule has 1 unspecified atom stereocenters. The molecule has 3 aromatic rings. The standard InChI is InChI=1S/C26H26ClF3N6O/c27-19-5-2-1-4-17(19)25(6-3-7-25)33-23(37)35-10-8-24(15-35)9-11-36-21(24)13-20(34-36)16-12-18(26(28,29)30)22(31)32-14-16/h1-2,4-5,12-14H,3,6-11,15H2,(H2,31,32)(H,33,37). The summed E-state index contributed by atoms with van der Waals surface area (Å²) in [7, 11) is 0. The molecule has 37 heavy (non-hydrogen) atoms. The third kappa shape index (κ3) is 3.93. The molecule has 194 valence electrons. The van der Waals surface area contributed by atoms with Crippen molar-refractivity contribution in [2.45, 2.75) is 55.8 Å². The first kappa shape index (κ1) is 24.1. The highest BCUT2D eigenvalue weighted by molar-refractivity contribution is 6.31. The van der Waals surface area contributed by atoms with Gasteiger partial charge in [-0.3, -0.25) is 4.68 Å². The Morgan fingerprint density at radius 2 is 1.86 bits per heavy atom. The Labute approximate surface area is 216 Å². The van der Waals surface area contributed by atoms with Crippen molar-refractivity contribution < 1.29 is 18.0 Å². The summed E-state index contributed by atoms with van der Waals surface area (Å²) in [5.41, 5.74) is 6.32. The monoisotopic (exact) mass is 530 g/mol. The fourth-order valence-corrected chi connectivity index (χ4v) is 6.35. The Hall–Kier alpha value is -3.27. The maximum Gasteiger partial charge on any atom is 0.419 e. The molecule has 2 fully saturated rings. The third-order valence-corrected chi connectivity index (χ3v) is 8.56. The number of urea groups is 1. The smallest absolute Gasteiger partial charge is 0.383 e. The molecule has 2 amide bonds. The van der Waals surface area contributed by atoms with Gasteiger partial charge in [0.2, 0.25) is 0 Å². The third-order valence-electron chi connectivity index (χ3n) is 8.23. The average molecular weight is 531 g/mol. The number of nitrogens with two attached hydrogens (primary N) is 1. The number of aromatic nitrogens is 3. The summed E-state index contributed by atoms with van der Waals surface area (Å²) >= 11 is 6.47. The molecule has 1 aromatic carbocycles. The van der Waals surface area contributed by atoms with Gasteiger partial charge in [0, 0.05) is 47.5 Å². The Morgan fingerprint density at radius 1 is 1.11 bits per heavy atom. The number of hydrogen-bond donors (Lipinski definition) is 2. The molecule has 3 N–H and O–H groups in total. The molecule has 6 rings (SSSR count). The van der Waals surface area contributed by atoms with Crippen LogP contribution in [0.3, 0.4) is 0 Å².